The van der Waals surface area contributed by atoms with Crippen molar-refractivity contribution in [1.29, 1.82) is 0 Å². The molecule has 1 aliphatic heterocycles. The van der Waals surface area contributed by atoms with Gasteiger partial charge in [-0.05, 0) is 19.1 Å². The van der Waals surface area contributed by atoms with Gasteiger partial charge in [0.1, 0.15) is 6.17 Å². The summed E-state index contributed by atoms with van der Waals surface area (Å²) in [5, 5.41) is 3.09. The van der Waals surface area contributed by atoms with Crippen LogP contribution in [0.15, 0.2) is 18.3 Å². The van der Waals surface area contributed by atoms with Gasteiger partial charge in [0.15, 0.2) is 0 Å². The first kappa shape index (κ1) is 9.40. The van der Waals surface area contributed by atoms with E-state index in [-0.39, 0.29) is 12.6 Å². The molecule has 0 aliphatic carbocycles. The average molecular weight is 196 g/mol. The Labute approximate surface area is 82.3 Å². The fourth-order valence-electron chi connectivity index (χ4n) is 1.51. The molecule has 1 N–H and O–H groups in total. The number of ether oxygens (including phenoxy) is 1. The number of anilines is 1. The van der Waals surface area contributed by atoms with E-state index in [1.54, 1.807) is 6.20 Å². The Kier molecular flexibility index (Phi) is 2.63. The number of nitrogens with one attached hydrogen (secondary N) is 1. The first-order valence-corrected chi connectivity index (χ1v) is 4.67. The van der Waals surface area contributed by atoms with Gasteiger partial charge in [-0.25, -0.2) is 4.39 Å². The number of rotatable bonds is 2. The van der Waals surface area contributed by atoms with Crippen LogP contribution < -0.4 is 5.32 Å². The minimum Gasteiger partial charge on any atom is -0.377 e. The van der Waals surface area contributed by atoms with Crippen molar-refractivity contribution in [2.45, 2.75) is 19.1 Å². The molecule has 1 fully saturated rings. The molecule has 4 heteroatoms. The Balaban J connectivity index is 2.03. The summed E-state index contributed by atoms with van der Waals surface area (Å²) in [6.45, 7) is 2.54. The van der Waals surface area contributed by atoms with Gasteiger partial charge in [0.05, 0.1) is 19.3 Å². The summed E-state index contributed by atoms with van der Waals surface area (Å²) in [7, 11) is 0. The quantitative estimate of drug-likeness (QED) is 0.779. The van der Waals surface area contributed by atoms with Crippen LogP contribution in [-0.2, 0) is 4.74 Å². The molecule has 1 saturated heterocycles. The molecule has 0 saturated carbocycles. The second-order valence-electron chi connectivity index (χ2n) is 3.49. The lowest BCUT2D eigenvalue weighted by Gasteiger charge is -2.14. The zero-order valence-electron chi connectivity index (χ0n) is 8.03. The van der Waals surface area contributed by atoms with E-state index in [1.165, 1.54) is 0 Å². The van der Waals surface area contributed by atoms with Crippen LogP contribution in [0.2, 0.25) is 0 Å². The van der Waals surface area contributed by atoms with E-state index in [1.807, 2.05) is 19.1 Å². The molecule has 0 amide bonds. The zero-order valence-corrected chi connectivity index (χ0v) is 8.03. The van der Waals surface area contributed by atoms with Gasteiger partial charge in [0.25, 0.3) is 0 Å². The number of pyridine rings is 1. The number of aryl methyl sites for hydroxylation is 1. The van der Waals surface area contributed by atoms with Crippen molar-refractivity contribution in [2.24, 2.45) is 0 Å². The van der Waals surface area contributed by atoms with Gasteiger partial charge in [-0.2, -0.15) is 0 Å². The third-order valence-electron chi connectivity index (χ3n) is 2.26. The van der Waals surface area contributed by atoms with Crippen molar-refractivity contribution in [3.63, 3.8) is 0 Å². The van der Waals surface area contributed by atoms with Gasteiger partial charge < -0.3 is 10.1 Å². The van der Waals surface area contributed by atoms with Gasteiger partial charge in [-0.15, -0.1) is 0 Å². The molecule has 1 aromatic rings. The molecular weight excluding hydrogens is 183 g/mol. The Morgan fingerprint density at radius 2 is 2.43 bits per heavy atom. The molecule has 0 radical (unpaired) electrons. The summed E-state index contributed by atoms with van der Waals surface area (Å²) in [6, 6.07) is 3.50. The van der Waals surface area contributed by atoms with Crippen LogP contribution >= 0.6 is 0 Å². The molecule has 1 aliphatic rings. The Hall–Kier alpha value is -1.16. The summed E-state index contributed by atoms with van der Waals surface area (Å²) in [5.74, 6) is 0. The van der Waals surface area contributed by atoms with Gasteiger partial charge >= 0.3 is 0 Å². The highest BCUT2D eigenvalue weighted by Gasteiger charge is 2.27. The van der Waals surface area contributed by atoms with Crippen molar-refractivity contribution in [3.05, 3.63) is 24.0 Å². The highest BCUT2D eigenvalue weighted by molar-refractivity contribution is 5.44. The molecule has 0 spiro atoms. The monoisotopic (exact) mass is 196 g/mol. The number of halogens is 1. The minimum absolute atomic E-state index is 0.196. The largest absolute Gasteiger partial charge is 0.377 e. The maximum absolute atomic E-state index is 13.2. The van der Waals surface area contributed by atoms with Gasteiger partial charge in [0.2, 0.25) is 0 Å². The topological polar surface area (TPSA) is 34.1 Å². The molecule has 0 aromatic carbocycles. The Bertz CT molecular complexity index is 319. The van der Waals surface area contributed by atoms with Crippen molar-refractivity contribution >= 4 is 5.69 Å². The third kappa shape index (κ3) is 2.01. The van der Waals surface area contributed by atoms with E-state index < -0.39 is 6.17 Å². The first-order valence-electron chi connectivity index (χ1n) is 4.67. The van der Waals surface area contributed by atoms with Crippen LogP contribution in [0.4, 0.5) is 10.1 Å². The van der Waals surface area contributed by atoms with Crippen molar-refractivity contribution in [3.8, 4) is 0 Å². The molecule has 2 rings (SSSR count). The fourth-order valence-corrected chi connectivity index (χ4v) is 1.51. The van der Waals surface area contributed by atoms with Crippen LogP contribution in [-0.4, -0.2) is 30.4 Å². The zero-order chi connectivity index (χ0) is 9.97. The second-order valence-corrected chi connectivity index (χ2v) is 3.49. The second kappa shape index (κ2) is 3.92. The molecule has 2 atom stereocenters. The van der Waals surface area contributed by atoms with E-state index in [2.05, 4.69) is 10.3 Å². The van der Waals surface area contributed by atoms with Gasteiger partial charge in [0, 0.05) is 17.6 Å². The summed E-state index contributed by atoms with van der Waals surface area (Å²) in [6.07, 6.45) is 0.796. The predicted octanol–water partition coefficient (Wildman–Crippen LogP) is 1.54. The molecule has 14 heavy (non-hydrogen) atoms. The van der Waals surface area contributed by atoms with E-state index in [9.17, 15) is 4.39 Å². The Morgan fingerprint density at radius 1 is 1.57 bits per heavy atom. The molecule has 1 aromatic heterocycles. The summed E-state index contributed by atoms with van der Waals surface area (Å²) >= 11 is 0. The summed E-state index contributed by atoms with van der Waals surface area (Å²) in [4.78, 5) is 4.07. The number of alkyl halides is 1. The highest BCUT2D eigenvalue weighted by Crippen LogP contribution is 2.16. The molecule has 2 heterocycles. The van der Waals surface area contributed by atoms with E-state index in [0.717, 1.165) is 11.4 Å². The lowest BCUT2D eigenvalue weighted by molar-refractivity contribution is 0.173. The van der Waals surface area contributed by atoms with E-state index in [0.29, 0.717) is 6.61 Å². The van der Waals surface area contributed by atoms with Crippen LogP contribution in [0, 0.1) is 6.92 Å². The minimum atomic E-state index is -0.913. The molecule has 76 valence electrons. The van der Waals surface area contributed by atoms with Crippen molar-refractivity contribution < 1.29 is 9.13 Å². The SMILES string of the molecule is Cc1cc(NC2COCC2F)ccn1. The average Bonchev–Trinajstić information content (AvgIpc) is 2.52. The normalized spacial score (nSPS) is 26.4. The lowest BCUT2D eigenvalue weighted by atomic mass is 10.2. The van der Waals surface area contributed by atoms with Crippen LogP contribution in [0.5, 0.6) is 0 Å². The number of hydrogen-bond acceptors (Lipinski definition) is 3. The number of aromatic nitrogens is 1. The molecule has 3 nitrogen and oxygen atoms in total. The molecular formula is C10H13FN2O. The highest BCUT2D eigenvalue weighted by atomic mass is 19.1. The number of hydrogen-bond donors (Lipinski definition) is 1. The summed E-state index contributed by atoms with van der Waals surface area (Å²) < 4.78 is 18.2. The van der Waals surface area contributed by atoms with Crippen LogP contribution in [0.1, 0.15) is 5.69 Å². The Morgan fingerprint density at radius 3 is 3.07 bits per heavy atom. The van der Waals surface area contributed by atoms with Crippen LogP contribution in [0.3, 0.4) is 0 Å². The third-order valence-corrected chi connectivity index (χ3v) is 2.26. The number of nitrogens with zero attached hydrogens (tertiary/aromatic N) is 1. The maximum Gasteiger partial charge on any atom is 0.146 e. The lowest BCUT2D eigenvalue weighted by Crippen LogP contribution is -2.28. The standard InChI is InChI=1S/C10H13FN2O/c1-7-4-8(2-3-12-7)13-10-6-14-5-9(10)11/h2-4,9-10H,5-6H2,1H3,(H,12,13). The van der Waals surface area contributed by atoms with Crippen LogP contribution in [0.25, 0.3) is 0 Å². The predicted molar refractivity (Wildman–Crippen MR) is 52.1 cm³/mol. The summed E-state index contributed by atoms with van der Waals surface area (Å²) in [5.41, 5.74) is 1.82. The smallest absolute Gasteiger partial charge is 0.146 e. The van der Waals surface area contributed by atoms with Gasteiger partial charge in [-0.1, -0.05) is 0 Å². The first-order chi connectivity index (χ1) is 6.75. The fraction of sp³-hybridized carbons (Fsp3) is 0.500. The van der Waals surface area contributed by atoms with Crippen molar-refractivity contribution in [1.82, 2.24) is 4.98 Å². The van der Waals surface area contributed by atoms with E-state index in [4.69, 9.17) is 4.74 Å². The van der Waals surface area contributed by atoms with Gasteiger partial charge in [-0.3, -0.25) is 4.98 Å². The van der Waals surface area contributed by atoms with E-state index >= 15 is 0 Å². The molecule has 2 unspecified atom stereocenters. The van der Waals surface area contributed by atoms with Crippen molar-refractivity contribution in [2.75, 3.05) is 18.5 Å². The maximum atomic E-state index is 13.2. The molecule has 0 bridgehead atoms.